The molecule has 0 spiro atoms. The molecule has 2 heteroatoms. The SMILES string of the molecule is Cc1cnc2ccc(C(C)(C)CCN)cc2c1. The quantitative estimate of drug-likeness (QED) is 0.876. The molecule has 2 nitrogen and oxygen atoms in total. The summed E-state index contributed by atoms with van der Waals surface area (Å²) < 4.78 is 0. The Balaban J connectivity index is 2.50. The highest BCUT2D eigenvalue weighted by Crippen LogP contribution is 2.28. The Morgan fingerprint density at radius 3 is 2.71 bits per heavy atom. The van der Waals surface area contributed by atoms with Gasteiger partial charge < -0.3 is 5.73 Å². The lowest BCUT2D eigenvalue weighted by molar-refractivity contribution is 0.488. The zero-order valence-electron chi connectivity index (χ0n) is 10.8. The normalized spacial score (nSPS) is 12.0. The van der Waals surface area contributed by atoms with E-state index in [0.717, 1.165) is 18.5 Å². The second kappa shape index (κ2) is 4.46. The molecule has 0 radical (unpaired) electrons. The number of fused-ring (bicyclic) bond motifs is 1. The smallest absolute Gasteiger partial charge is 0.0702 e. The Morgan fingerprint density at radius 1 is 1.24 bits per heavy atom. The van der Waals surface area contributed by atoms with Crippen molar-refractivity contribution in [1.29, 1.82) is 0 Å². The lowest BCUT2D eigenvalue weighted by atomic mass is 9.81. The van der Waals surface area contributed by atoms with Crippen molar-refractivity contribution < 1.29 is 0 Å². The molecule has 2 aromatic rings. The summed E-state index contributed by atoms with van der Waals surface area (Å²) in [4.78, 5) is 4.43. The number of nitrogens with zero attached hydrogens (tertiary/aromatic N) is 1. The van der Waals surface area contributed by atoms with Gasteiger partial charge in [-0.25, -0.2) is 0 Å². The summed E-state index contributed by atoms with van der Waals surface area (Å²) in [6.07, 6.45) is 2.91. The molecule has 0 aliphatic heterocycles. The summed E-state index contributed by atoms with van der Waals surface area (Å²) in [7, 11) is 0. The van der Waals surface area contributed by atoms with Crippen LogP contribution in [0.4, 0.5) is 0 Å². The van der Waals surface area contributed by atoms with E-state index in [4.69, 9.17) is 5.73 Å². The summed E-state index contributed by atoms with van der Waals surface area (Å²) >= 11 is 0. The van der Waals surface area contributed by atoms with Crippen LogP contribution < -0.4 is 5.73 Å². The number of rotatable bonds is 3. The first-order valence-corrected chi connectivity index (χ1v) is 6.10. The molecule has 1 aromatic heterocycles. The first kappa shape index (κ1) is 12.1. The van der Waals surface area contributed by atoms with Gasteiger partial charge in [-0.3, -0.25) is 4.98 Å². The maximum atomic E-state index is 5.68. The Hall–Kier alpha value is -1.41. The average molecular weight is 228 g/mol. The Morgan fingerprint density at radius 2 is 2.00 bits per heavy atom. The fraction of sp³-hybridized carbons (Fsp3) is 0.400. The summed E-state index contributed by atoms with van der Waals surface area (Å²) in [5.41, 5.74) is 9.40. The van der Waals surface area contributed by atoms with Gasteiger partial charge in [0.1, 0.15) is 0 Å². The third kappa shape index (κ3) is 2.47. The topological polar surface area (TPSA) is 38.9 Å². The minimum atomic E-state index is 0.132. The highest BCUT2D eigenvalue weighted by Gasteiger charge is 2.19. The first-order valence-electron chi connectivity index (χ1n) is 6.10. The maximum Gasteiger partial charge on any atom is 0.0702 e. The zero-order valence-corrected chi connectivity index (χ0v) is 10.8. The van der Waals surface area contributed by atoms with Crippen molar-refractivity contribution in [2.75, 3.05) is 6.54 Å². The number of benzene rings is 1. The Labute approximate surface area is 103 Å². The molecule has 2 N–H and O–H groups in total. The highest BCUT2D eigenvalue weighted by molar-refractivity contribution is 5.80. The van der Waals surface area contributed by atoms with E-state index in [1.54, 1.807) is 0 Å². The van der Waals surface area contributed by atoms with Crippen LogP contribution in [0.1, 0.15) is 31.4 Å². The van der Waals surface area contributed by atoms with Gasteiger partial charge in [0.15, 0.2) is 0 Å². The van der Waals surface area contributed by atoms with Crippen LogP contribution in [0, 0.1) is 6.92 Å². The number of pyridine rings is 1. The van der Waals surface area contributed by atoms with E-state index in [9.17, 15) is 0 Å². The Kier molecular flexibility index (Phi) is 3.16. The van der Waals surface area contributed by atoms with E-state index in [1.807, 2.05) is 6.20 Å². The van der Waals surface area contributed by atoms with E-state index < -0.39 is 0 Å². The van der Waals surface area contributed by atoms with E-state index in [0.29, 0.717) is 0 Å². The van der Waals surface area contributed by atoms with Gasteiger partial charge in [0, 0.05) is 11.6 Å². The number of nitrogens with two attached hydrogens (primary N) is 1. The fourth-order valence-corrected chi connectivity index (χ4v) is 2.17. The van der Waals surface area contributed by atoms with Crippen LogP contribution in [-0.2, 0) is 5.41 Å². The highest BCUT2D eigenvalue weighted by atomic mass is 14.6. The minimum absolute atomic E-state index is 0.132. The van der Waals surface area contributed by atoms with E-state index in [1.165, 1.54) is 16.5 Å². The van der Waals surface area contributed by atoms with Gasteiger partial charge in [0.05, 0.1) is 5.52 Å². The van der Waals surface area contributed by atoms with Crippen LogP contribution in [0.15, 0.2) is 30.5 Å². The monoisotopic (exact) mass is 228 g/mol. The van der Waals surface area contributed by atoms with Gasteiger partial charge in [-0.15, -0.1) is 0 Å². The number of aryl methyl sites for hydroxylation is 1. The van der Waals surface area contributed by atoms with Crippen LogP contribution in [-0.4, -0.2) is 11.5 Å². The predicted octanol–water partition coefficient (Wildman–Crippen LogP) is 3.17. The molecule has 0 fully saturated rings. The summed E-state index contributed by atoms with van der Waals surface area (Å²) in [6, 6.07) is 8.69. The Bertz CT molecular complexity index is 529. The van der Waals surface area contributed by atoms with Gasteiger partial charge in [-0.2, -0.15) is 0 Å². The molecule has 0 saturated carbocycles. The third-order valence-corrected chi connectivity index (χ3v) is 3.37. The van der Waals surface area contributed by atoms with Crippen molar-refractivity contribution in [3.63, 3.8) is 0 Å². The van der Waals surface area contributed by atoms with Crippen LogP contribution in [0.2, 0.25) is 0 Å². The van der Waals surface area contributed by atoms with Crippen molar-refractivity contribution in [3.8, 4) is 0 Å². The van der Waals surface area contributed by atoms with Crippen LogP contribution in [0.25, 0.3) is 10.9 Å². The molecule has 17 heavy (non-hydrogen) atoms. The molecule has 0 saturated heterocycles. The lowest BCUT2D eigenvalue weighted by Crippen LogP contribution is -2.21. The zero-order chi connectivity index (χ0) is 12.5. The lowest BCUT2D eigenvalue weighted by Gasteiger charge is -2.24. The molecule has 0 atom stereocenters. The van der Waals surface area contributed by atoms with Gasteiger partial charge in [0.25, 0.3) is 0 Å². The van der Waals surface area contributed by atoms with E-state index >= 15 is 0 Å². The maximum absolute atomic E-state index is 5.68. The van der Waals surface area contributed by atoms with Crippen LogP contribution in [0.5, 0.6) is 0 Å². The molecule has 2 rings (SSSR count). The second-order valence-electron chi connectivity index (χ2n) is 5.34. The molecular formula is C15H20N2. The first-order chi connectivity index (χ1) is 8.03. The molecular weight excluding hydrogens is 208 g/mol. The standard InChI is InChI=1S/C15H20N2/c1-11-8-12-9-13(15(2,3)6-7-16)4-5-14(12)17-10-11/h4-5,8-10H,6-7,16H2,1-3H3. The largest absolute Gasteiger partial charge is 0.330 e. The molecule has 0 unspecified atom stereocenters. The summed E-state index contributed by atoms with van der Waals surface area (Å²) in [5, 5.41) is 1.22. The number of aromatic nitrogens is 1. The van der Waals surface area contributed by atoms with E-state index in [2.05, 4.69) is 50.0 Å². The van der Waals surface area contributed by atoms with Crippen molar-refractivity contribution >= 4 is 10.9 Å². The van der Waals surface area contributed by atoms with Gasteiger partial charge in [0.2, 0.25) is 0 Å². The molecule has 0 aliphatic rings. The average Bonchev–Trinajstić information content (AvgIpc) is 2.28. The van der Waals surface area contributed by atoms with Crippen molar-refractivity contribution in [1.82, 2.24) is 4.98 Å². The molecule has 0 bridgehead atoms. The molecule has 1 aromatic carbocycles. The summed E-state index contributed by atoms with van der Waals surface area (Å²) in [6.45, 7) is 7.27. The molecule has 0 aliphatic carbocycles. The summed E-state index contributed by atoms with van der Waals surface area (Å²) in [5.74, 6) is 0. The van der Waals surface area contributed by atoms with Crippen molar-refractivity contribution in [2.45, 2.75) is 32.6 Å². The predicted molar refractivity (Wildman–Crippen MR) is 73.2 cm³/mol. The van der Waals surface area contributed by atoms with Crippen LogP contribution in [0.3, 0.4) is 0 Å². The molecule has 90 valence electrons. The van der Waals surface area contributed by atoms with Crippen molar-refractivity contribution in [3.05, 3.63) is 41.6 Å². The molecule has 0 amide bonds. The number of hydrogen-bond acceptors (Lipinski definition) is 2. The van der Waals surface area contributed by atoms with Gasteiger partial charge in [-0.05, 0) is 54.6 Å². The van der Waals surface area contributed by atoms with E-state index in [-0.39, 0.29) is 5.41 Å². The van der Waals surface area contributed by atoms with Gasteiger partial charge >= 0.3 is 0 Å². The van der Waals surface area contributed by atoms with Crippen molar-refractivity contribution in [2.24, 2.45) is 5.73 Å². The third-order valence-electron chi connectivity index (χ3n) is 3.37. The van der Waals surface area contributed by atoms with Crippen LogP contribution >= 0.6 is 0 Å². The fourth-order valence-electron chi connectivity index (χ4n) is 2.17. The second-order valence-corrected chi connectivity index (χ2v) is 5.34. The molecule has 1 heterocycles. The number of hydrogen-bond donors (Lipinski definition) is 1. The minimum Gasteiger partial charge on any atom is -0.330 e. The van der Waals surface area contributed by atoms with Gasteiger partial charge in [-0.1, -0.05) is 19.9 Å².